The van der Waals surface area contributed by atoms with E-state index in [1.807, 2.05) is 37.4 Å². The van der Waals surface area contributed by atoms with Gasteiger partial charge in [0.25, 0.3) is 0 Å². The van der Waals surface area contributed by atoms with Crippen molar-refractivity contribution in [2.75, 3.05) is 23.7 Å². The predicted octanol–water partition coefficient (Wildman–Crippen LogP) is 2.93. The number of nitrogens with two attached hydrogens (primary N) is 1. The normalized spacial score (nSPS) is 13.0. The zero-order valence-corrected chi connectivity index (χ0v) is 15.8. The molecule has 2 aromatic heterocycles. The largest absolute Gasteiger partial charge is 0.369 e. The SMILES string of the molecule is Cn1ncc2c(NCC(C)(C)C)nc(NCC(N)c3ccccc3)nc21. The van der Waals surface area contributed by atoms with Crippen molar-refractivity contribution in [3.63, 3.8) is 0 Å². The van der Waals surface area contributed by atoms with E-state index < -0.39 is 0 Å². The lowest BCUT2D eigenvalue weighted by molar-refractivity contribution is 0.442. The van der Waals surface area contributed by atoms with Crippen LogP contribution in [0.4, 0.5) is 11.8 Å². The van der Waals surface area contributed by atoms with E-state index in [2.05, 4.69) is 46.5 Å². The van der Waals surface area contributed by atoms with Crippen molar-refractivity contribution in [2.45, 2.75) is 26.8 Å². The van der Waals surface area contributed by atoms with Crippen LogP contribution >= 0.6 is 0 Å². The lowest BCUT2D eigenvalue weighted by Gasteiger charge is -2.20. The molecule has 0 amide bonds. The maximum absolute atomic E-state index is 6.27. The van der Waals surface area contributed by atoms with Gasteiger partial charge >= 0.3 is 0 Å². The van der Waals surface area contributed by atoms with E-state index in [0.29, 0.717) is 12.5 Å². The summed E-state index contributed by atoms with van der Waals surface area (Å²) in [6, 6.07) is 9.87. The zero-order chi connectivity index (χ0) is 18.7. The van der Waals surface area contributed by atoms with Gasteiger partial charge in [0.15, 0.2) is 5.65 Å². The minimum atomic E-state index is -0.131. The molecule has 26 heavy (non-hydrogen) atoms. The molecule has 2 heterocycles. The minimum Gasteiger partial charge on any atom is -0.369 e. The Morgan fingerprint density at radius 2 is 1.85 bits per heavy atom. The molecule has 138 valence electrons. The van der Waals surface area contributed by atoms with E-state index in [4.69, 9.17) is 5.73 Å². The van der Waals surface area contributed by atoms with Gasteiger partial charge in [0, 0.05) is 26.2 Å². The van der Waals surface area contributed by atoms with E-state index in [9.17, 15) is 0 Å². The van der Waals surface area contributed by atoms with Gasteiger partial charge in [-0.2, -0.15) is 15.1 Å². The number of nitrogens with zero attached hydrogens (tertiary/aromatic N) is 4. The summed E-state index contributed by atoms with van der Waals surface area (Å²) in [4.78, 5) is 9.23. The molecular formula is C19H27N7. The highest BCUT2D eigenvalue weighted by molar-refractivity contribution is 5.87. The standard InChI is InChI=1S/C19H27N7/c1-19(2,3)12-22-16-14-10-23-26(4)17(14)25-18(24-16)21-11-15(20)13-8-6-5-7-9-13/h5-10,15H,11-12,20H2,1-4H3,(H2,21,22,24,25). The molecule has 0 spiro atoms. The molecule has 1 unspecified atom stereocenters. The van der Waals surface area contributed by atoms with Crippen LogP contribution < -0.4 is 16.4 Å². The fourth-order valence-corrected chi connectivity index (χ4v) is 2.60. The molecule has 4 N–H and O–H groups in total. The lowest BCUT2D eigenvalue weighted by atomic mass is 9.97. The van der Waals surface area contributed by atoms with Crippen LogP contribution in [0.1, 0.15) is 32.4 Å². The fourth-order valence-electron chi connectivity index (χ4n) is 2.60. The van der Waals surface area contributed by atoms with Gasteiger partial charge in [-0.1, -0.05) is 51.1 Å². The van der Waals surface area contributed by atoms with E-state index in [1.165, 1.54) is 0 Å². The van der Waals surface area contributed by atoms with Crippen molar-refractivity contribution in [2.24, 2.45) is 18.2 Å². The van der Waals surface area contributed by atoms with Gasteiger partial charge in [-0.15, -0.1) is 0 Å². The van der Waals surface area contributed by atoms with E-state index in [1.54, 1.807) is 10.9 Å². The van der Waals surface area contributed by atoms with Gasteiger partial charge in [-0.05, 0) is 11.0 Å². The van der Waals surface area contributed by atoms with E-state index in [-0.39, 0.29) is 11.5 Å². The van der Waals surface area contributed by atoms with Crippen molar-refractivity contribution in [1.82, 2.24) is 19.7 Å². The highest BCUT2D eigenvalue weighted by Crippen LogP contribution is 2.23. The molecule has 0 aliphatic rings. The summed E-state index contributed by atoms with van der Waals surface area (Å²) in [5.74, 6) is 1.33. The Bertz CT molecular complexity index is 865. The summed E-state index contributed by atoms with van der Waals surface area (Å²) in [5, 5.41) is 11.9. The summed E-state index contributed by atoms with van der Waals surface area (Å²) in [7, 11) is 1.88. The van der Waals surface area contributed by atoms with Gasteiger partial charge in [-0.25, -0.2) is 0 Å². The number of aromatic nitrogens is 4. The predicted molar refractivity (Wildman–Crippen MR) is 106 cm³/mol. The number of hydrogen-bond acceptors (Lipinski definition) is 6. The maximum atomic E-state index is 6.27. The van der Waals surface area contributed by atoms with Gasteiger partial charge in [0.2, 0.25) is 5.95 Å². The van der Waals surface area contributed by atoms with Crippen molar-refractivity contribution < 1.29 is 0 Å². The number of benzene rings is 1. The first-order valence-electron chi connectivity index (χ1n) is 8.81. The molecule has 7 nitrogen and oxygen atoms in total. The van der Waals surface area contributed by atoms with Crippen LogP contribution in [-0.4, -0.2) is 32.8 Å². The van der Waals surface area contributed by atoms with Gasteiger partial charge in [0.05, 0.1) is 11.6 Å². The molecule has 0 saturated heterocycles. The number of rotatable bonds is 6. The van der Waals surface area contributed by atoms with Crippen LogP contribution in [0.3, 0.4) is 0 Å². The topological polar surface area (TPSA) is 93.7 Å². The highest BCUT2D eigenvalue weighted by Gasteiger charge is 2.15. The van der Waals surface area contributed by atoms with Gasteiger partial charge in [0.1, 0.15) is 5.82 Å². The molecule has 0 fully saturated rings. The molecule has 0 saturated carbocycles. The van der Waals surface area contributed by atoms with E-state index in [0.717, 1.165) is 29.0 Å². The molecule has 0 bridgehead atoms. The number of fused-ring (bicyclic) bond motifs is 1. The Balaban J connectivity index is 1.80. The first-order chi connectivity index (χ1) is 12.3. The van der Waals surface area contributed by atoms with Crippen molar-refractivity contribution >= 4 is 22.8 Å². The smallest absolute Gasteiger partial charge is 0.226 e. The minimum absolute atomic E-state index is 0.131. The Labute approximate surface area is 154 Å². The van der Waals surface area contributed by atoms with E-state index >= 15 is 0 Å². The second kappa shape index (κ2) is 7.29. The third kappa shape index (κ3) is 4.29. The monoisotopic (exact) mass is 353 g/mol. The average molecular weight is 353 g/mol. The fraction of sp³-hybridized carbons (Fsp3) is 0.421. The van der Waals surface area contributed by atoms with Crippen LogP contribution in [0, 0.1) is 5.41 Å². The molecule has 0 aliphatic carbocycles. The molecule has 0 aliphatic heterocycles. The van der Waals surface area contributed by atoms with Crippen LogP contribution in [-0.2, 0) is 7.05 Å². The second-order valence-electron chi connectivity index (χ2n) is 7.71. The number of anilines is 2. The summed E-state index contributed by atoms with van der Waals surface area (Å²) >= 11 is 0. The second-order valence-corrected chi connectivity index (χ2v) is 7.71. The highest BCUT2D eigenvalue weighted by atomic mass is 15.3. The Kier molecular flexibility index (Phi) is 5.08. The molecular weight excluding hydrogens is 326 g/mol. The zero-order valence-electron chi connectivity index (χ0n) is 15.8. The van der Waals surface area contributed by atoms with Gasteiger partial charge < -0.3 is 16.4 Å². The Hall–Kier alpha value is -2.67. The average Bonchev–Trinajstić information content (AvgIpc) is 2.99. The molecule has 1 atom stereocenters. The van der Waals surface area contributed by atoms with Crippen LogP contribution in [0.5, 0.6) is 0 Å². The first kappa shape index (κ1) is 18.1. The van der Waals surface area contributed by atoms with Crippen molar-refractivity contribution in [3.8, 4) is 0 Å². The third-order valence-corrected chi connectivity index (χ3v) is 4.09. The molecule has 7 heteroatoms. The first-order valence-corrected chi connectivity index (χ1v) is 8.81. The van der Waals surface area contributed by atoms with Crippen molar-refractivity contribution in [1.29, 1.82) is 0 Å². The lowest BCUT2D eigenvalue weighted by Crippen LogP contribution is -2.22. The number of hydrogen-bond donors (Lipinski definition) is 3. The molecule has 3 aromatic rings. The van der Waals surface area contributed by atoms with Crippen LogP contribution in [0.2, 0.25) is 0 Å². The number of aryl methyl sites for hydroxylation is 1. The molecule has 0 radical (unpaired) electrons. The Morgan fingerprint density at radius 3 is 2.54 bits per heavy atom. The summed E-state index contributed by atoms with van der Waals surface area (Å²) in [6.45, 7) is 7.89. The third-order valence-electron chi connectivity index (χ3n) is 4.09. The summed E-state index contributed by atoms with van der Waals surface area (Å²) in [5.41, 5.74) is 8.27. The summed E-state index contributed by atoms with van der Waals surface area (Å²) in [6.07, 6.45) is 1.79. The van der Waals surface area contributed by atoms with Crippen LogP contribution in [0.15, 0.2) is 36.5 Å². The Morgan fingerprint density at radius 1 is 1.12 bits per heavy atom. The molecule has 1 aromatic carbocycles. The molecule has 3 rings (SSSR count). The van der Waals surface area contributed by atoms with Crippen molar-refractivity contribution in [3.05, 3.63) is 42.1 Å². The number of nitrogens with one attached hydrogen (secondary N) is 2. The quantitative estimate of drug-likeness (QED) is 0.631. The van der Waals surface area contributed by atoms with Crippen LogP contribution in [0.25, 0.3) is 11.0 Å². The summed E-state index contributed by atoms with van der Waals surface area (Å²) < 4.78 is 1.75. The van der Waals surface area contributed by atoms with Gasteiger partial charge in [-0.3, -0.25) is 4.68 Å². The maximum Gasteiger partial charge on any atom is 0.226 e.